The Bertz CT molecular complexity index is 479. The van der Waals surface area contributed by atoms with Crippen molar-refractivity contribution in [3.63, 3.8) is 0 Å². The minimum Gasteiger partial charge on any atom is -0.336 e. The van der Waals surface area contributed by atoms with Gasteiger partial charge in [-0.25, -0.2) is 0 Å². The van der Waals surface area contributed by atoms with E-state index in [-0.39, 0.29) is 18.3 Å². The van der Waals surface area contributed by atoms with Crippen molar-refractivity contribution < 1.29 is 4.79 Å². The van der Waals surface area contributed by atoms with Crippen molar-refractivity contribution in [2.45, 2.75) is 32.2 Å². The van der Waals surface area contributed by atoms with E-state index in [1.165, 1.54) is 0 Å². The molecule has 1 aliphatic rings. The summed E-state index contributed by atoms with van der Waals surface area (Å²) in [6, 6.07) is 5.76. The first-order valence-corrected chi connectivity index (χ1v) is 8.27. The summed E-state index contributed by atoms with van der Waals surface area (Å²) < 4.78 is 0.819. The lowest BCUT2D eigenvalue weighted by molar-refractivity contribution is 0.0642. The van der Waals surface area contributed by atoms with E-state index < -0.39 is 0 Å². The minimum absolute atomic E-state index is 0. The topological polar surface area (TPSA) is 32.3 Å². The van der Waals surface area contributed by atoms with Crippen LogP contribution in [0.3, 0.4) is 0 Å². The van der Waals surface area contributed by atoms with Gasteiger partial charge in [-0.1, -0.05) is 18.5 Å². The summed E-state index contributed by atoms with van der Waals surface area (Å²) in [5.74, 6) is 0.0909. The molecule has 0 aromatic heterocycles. The Balaban J connectivity index is 0.00000220. The number of rotatable bonds is 4. The molecule has 1 aromatic rings. The molecular formula is C15H21BrCl2N2O. The first-order chi connectivity index (χ1) is 9.63. The summed E-state index contributed by atoms with van der Waals surface area (Å²) in [6.07, 6.45) is 3.02. The first-order valence-electron chi connectivity index (χ1n) is 7.10. The van der Waals surface area contributed by atoms with Crippen LogP contribution in [0.4, 0.5) is 0 Å². The van der Waals surface area contributed by atoms with E-state index in [0.29, 0.717) is 16.6 Å². The van der Waals surface area contributed by atoms with Crippen molar-refractivity contribution in [1.82, 2.24) is 10.2 Å². The molecule has 2 rings (SSSR count). The molecule has 3 nitrogen and oxygen atoms in total. The zero-order valence-electron chi connectivity index (χ0n) is 12.1. The highest BCUT2D eigenvalue weighted by atomic mass is 79.9. The van der Waals surface area contributed by atoms with E-state index in [9.17, 15) is 4.79 Å². The summed E-state index contributed by atoms with van der Waals surface area (Å²) in [5, 5.41) is 3.92. The number of piperidine rings is 1. The molecule has 1 aromatic carbocycles. The average molecular weight is 396 g/mol. The molecule has 0 bridgehead atoms. The molecular weight excluding hydrogens is 375 g/mol. The Morgan fingerprint density at radius 1 is 1.43 bits per heavy atom. The maximum absolute atomic E-state index is 12.7. The fourth-order valence-corrected chi connectivity index (χ4v) is 3.03. The fourth-order valence-electron chi connectivity index (χ4n) is 2.60. The van der Waals surface area contributed by atoms with Gasteiger partial charge in [0, 0.05) is 22.6 Å². The van der Waals surface area contributed by atoms with Gasteiger partial charge < -0.3 is 10.2 Å². The number of halogens is 3. The molecule has 0 spiro atoms. The molecule has 0 radical (unpaired) electrons. The maximum Gasteiger partial charge on any atom is 0.254 e. The Morgan fingerprint density at radius 2 is 2.10 bits per heavy atom. The molecule has 0 aliphatic carbocycles. The third kappa shape index (κ3) is 4.85. The van der Waals surface area contributed by atoms with Crippen molar-refractivity contribution in [2.75, 3.05) is 19.6 Å². The Morgan fingerprint density at radius 3 is 2.67 bits per heavy atom. The zero-order valence-corrected chi connectivity index (χ0v) is 15.2. The van der Waals surface area contributed by atoms with E-state index in [0.717, 1.165) is 43.4 Å². The molecule has 0 unspecified atom stereocenters. The Hall–Kier alpha value is -0.290. The van der Waals surface area contributed by atoms with Crippen LogP contribution < -0.4 is 5.32 Å². The van der Waals surface area contributed by atoms with Crippen LogP contribution >= 0.6 is 39.9 Å². The lowest BCUT2D eigenvalue weighted by Crippen LogP contribution is -2.46. The standard InChI is InChI=1S/C15H20BrClN2O.ClH/c1-2-9-19(12-5-7-18-8-6-12)15(20)11-3-4-13(16)14(17)10-11;/h3-4,10,12,18H,2,5-9H2,1H3;1H. The molecule has 1 heterocycles. The van der Waals surface area contributed by atoms with Crippen molar-refractivity contribution in [2.24, 2.45) is 0 Å². The molecule has 1 N–H and O–H groups in total. The second kappa shape index (κ2) is 8.99. The van der Waals surface area contributed by atoms with Crippen LogP contribution in [0.1, 0.15) is 36.5 Å². The SMILES string of the molecule is CCCN(C(=O)c1ccc(Br)c(Cl)c1)C1CCNCC1.Cl. The molecule has 118 valence electrons. The van der Waals surface area contributed by atoms with Gasteiger partial charge in [-0.05, 0) is 66.5 Å². The van der Waals surface area contributed by atoms with Crippen molar-refractivity contribution in [3.8, 4) is 0 Å². The summed E-state index contributed by atoms with van der Waals surface area (Å²) in [5.41, 5.74) is 0.671. The van der Waals surface area contributed by atoms with Crippen LogP contribution in [0.25, 0.3) is 0 Å². The van der Waals surface area contributed by atoms with Crippen LogP contribution in [0.2, 0.25) is 5.02 Å². The van der Waals surface area contributed by atoms with Crippen molar-refractivity contribution in [1.29, 1.82) is 0 Å². The molecule has 1 aliphatic heterocycles. The van der Waals surface area contributed by atoms with Crippen LogP contribution in [0.5, 0.6) is 0 Å². The summed E-state index contributed by atoms with van der Waals surface area (Å²) >= 11 is 9.46. The summed E-state index contributed by atoms with van der Waals surface area (Å²) in [6.45, 7) is 4.88. The number of carbonyl (C=O) groups excluding carboxylic acids is 1. The van der Waals surface area contributed by atoms with E-state index in [2.05, 4.69) is 28.2 Å². The van der Waals surface area contributed by atoms with E-state index in [1.807, 2.05) is 17.0 Å². The van der Waals surface area contributed by atoms with Gasteiger partial charge in [0.2, 0.25) is 0 Å². The third-order valence-corrected chi connectivity index (χ3v) is 4.87. The van der Waals surface area contributed by atoms with Crippen LogP contribution in [-0.2, 0) is 0 Å². The Kier molecular flexibility index (Phi) is 8.03. The van der Waals surface area contributed by atoms with Crippen molar-refractivity contribution >= 4 is 45.8 Å². The molecule has 1 saturated heterocycles. The normalized spacial score (nSPS) is 15.4. The second-order valence-electron chi connectivity index (χ2n) is 5.11. The quantitative estimate of drug-likeness (QED) is 0.831. The molecule has 1 fully saturated rings. The van der Waals surface area contributed by atoms with Gasteiger partial charge in [-0.2, -0.15) is 0 Å². The third-order valence-electron chi connectivity index (χ3n) is 3.64. The van der Waals surface area contributed by atoms with Gasteiger partial charge >= 0.3 is 0 Å². The van der Waals surface area contributed by atoms with Crippen molar-refractivity contribution in [3.05, 3.63) is 33.3 Å². The number of nitrogens with zero attached hydrogens (tertiary/aromatic N) is 1. The lowest BCUT2D eigenvalue weighted by Gasteiger charge is -2.34. The zero-order chi connectivity index (χ0) is 14.5. The van der Waals surface area contributed by atoms with E-state index in [4.69, 9.17) is 11.6 Å². The van der Waals surface area contributed by atoms with E-state index >= 15 is 0 Å². The number of carbonyl (C=O) groups is 1. The number of amides is 1. The highest BCUT2D eigenvalue weighted by molar-refractivity contribution is 9.10. The van der Waals surface area contributed by atoms with Gasteiger partial charge in [0.05, 0.1) is 5.02 Å². The highest BCUT2D eigenvalue weighted by Crippen LogP contribution is 2.25. The van der Waals surface area contributed by atoms with Gasteiger partial charge in [-0.3, -0.25) is 4.79 Å². The number of hydrogen-bond donors (Lipinski definition) is 1. The molecule has 21 heavy (non-hydrogen) atoms. The predicted molar refractivity (Wildman–Crippen MR) is 93.6 cm³/mol. The maximum atomic E-state index is 12.7. The molecule has 6 heteroatoms. The van der Waals surface area contributed by atoms with Crippen LogP contribution in [0, 0.1) is 0 Å². The van der Waals surface area contributed by atoms with Gasteiger partial charge in [0.1, 0.15) is 0 Å². The summed E-state index contributed by atoms with van der Waals surface area (Å²) in [4.78, 5) is 14.7. The fraction of sp³-hybridized carbons (Fsp3) is 0.533. The number of hydrogen-bond acceptors (Lipinski definition) is 2. The van der Waals surface area contributed by atoms with E-state index in [1.54, 1.807) is 6.07 Å². The number of benzene rings is 1. The highest BCUT2D eigenvalue weighted by Gasteiger charge is 2.25. The largest absolute Gasteiger partial charge is 0.336 e. The molecule has 0 atom stereocenters. The van der Waals surface area contributed by atoms with Gasteiger partial charge in [0.25, 0.3) is 5.91 Å². The molecule has 1 amide bonds. The smallest absolute Gasteiger partial charge is 0.254 e. The average Bonchev–Trinajstić information content (AvgIpc) is 2.48. The Labute approximate surface area is 146 Å². The second-order valence-corrected chi connectivity index (χ2v) is 6.37. The van der Waals surface area contributed by atoms with Gasteiger partial charge in [-0.15, -0.1) is 12.4 Å². The molecule has 0 saturated carbocycles. The number of nitrogens with one attached hydrogen (secondary N) is 1. The summed E-state index contributed by atoms with van der Waals surface area (Å²) in [7, 11) is 0. The minimum atomic E-state index is 0. The van der Waals surface area contributed by atoms with Gasteiger partial charge in [0.15, 0.2) is 0 Å². The van der Waals surface area contributed by atoms with Crippen LogP contribution in [0.15, 0.2) is 22.7 Å². The monoisotopic (exact) mass is 394 g/mol. The lowest BCUT2D eigenvalue weighted by atomic mass is 10.0. The predicted octanol–water partition coefficient (Wildman–Crippen LogP) is 4.13. The first kappa shape index (κ1) is 18.8. The van der Waals surface area contributed by atoms with Crippen LogP contribution in [-0.4, -0.2) is 36.5 Å².